The number of piperidine rings is 1. The van der Waals surface area contributed by atoms with E-state index >= 15 is 0 Å². The summed E-state index contributed by atoms with van der Waals surface area (Å²) in [5, 5.41) is 0. The standard InChI is InChI=1S/C42H67NO5S/c1-26(2)35-31(45)25-42(37(46)43-23-18-28(19-24-43)48-49(11,12)38(4,5)6)22-15-30-29(36(35)42)13-14-33-40(30,9)20-16-32-39(7,8)34(47-27(3)44)17-21-41(32,33)10/h15,26,28-29,32-34H,13-14,16-25H2,1-12H3/t29?,32?,33?,34-,40-,41-,42+/m0/s1. The van der Waals surface area contributed by atoms with Crippen molar-refractivity contribution in [2.75, 3.05) is 25.6 Å². The van der Waals surface area contributed by atoms with Crippen molar-refractivity contribution >= 4 is 28.0 Å². The Labute approximate surface area is 299 Å². The van der Waals surface area contributed by atoms with Crippen LogP contribution in [-0.2, 0) is 23.3 Å². The molecule has 0 aromatic carbocycles. The van der Waals surface area contributed by atoms with Gasteiger partial charge in [-0.2, -0.15) is 0 Å². The molecule has 3 unspecified atom stereocenters. The van der Waals surface area contributed by atoms with Gasteiger partial charge in [0, 0.05) is 42.5 Å². The van der Waals surface area contributed by atoms with Crippen LogP contribution in [0.5, 0.6) is 0 Å². The molecule has 3 saturated carbocycles. The molecule has 0 bridgehead atoms. The van der Waals surface area contributed by atoms with E-state index in [1.54, 1.807) is 6.92 Å². The first-order chi connectivity index (χ1) is 22.6. The number of esters is 1. The van der Waals surface area contributed by atoms with Gasteiger partial charge < -0.3 is 13.8 Å². The minimum atomic E-state index is -1.23. The second-order valence-electron chi connectivity index (χ2n) is 19.6. The summed E-state index contributed by atoms with van der Waals surface area (Å²) in [5.41, 5.74) is 3.07. The van der Waals surface area contributed by atoms with Gasteiger partial charge in [-0.25, -0.2) is 0 Å². The van der Waals surface area contributed by atoms with Crippen molar-refractivity contribution in [1.82, 2.24) is 4.90 Å². The van der Waals surface area contributed by atoms with E-state index in [4.69, 9.17) is 8.92 Å². The van der Waals surface area contributed by atoms with Crippen LogP contribution in [0.15, 0.2) is 22.8 Å². The van der Waals surface area contributed by atoms with Crippen molar-refractivity contribution in [3.05, 3.63) is 22.8 Å². The molecule has 6 aliphatic rings. The normalized spacial score (nSPS) is 38.3. The summed E-state index contributed by atoms with van der Waals surface area (Å²) in [6.07, 6.45) is 16.2. The van der Waals surface area contributed by atoms with Crippen molar-refractivity contribution in [3.8, 4) is 0 Å². The molecule has 276 valence electrons. The summed E-state index contributed by atoms with van der Waals surface area (Å²) < 4.78 is 12.8. The van der Waals surface area contributed by atoms with Crippen LogP contribution >= 0.6 is 10.3 Å². The van der Waals surface area contributed by atoms with Gasteiger partial charge in [-0.1, -0.05) is 74.0 Å². The highest BCUT2D eigenvalue weighted by Gasteiger charge is 2.66. The van der Waals surface area contributed by atoms with Crippen LogP contribution < -0.4 is 0 Å². The summed E-state index contributed by atoms with van der Waals surface area (Å²) >= 11 is 0. The number of fused-ring (bicyclic) bond motifs is 7. The highest BCUT2D eigenvalue weighted by Crippen LogP contribution is 2.72. The Kier molecular flexibility index (Phi) is 9.28. The van der Waals surface area contributed by atoms with Crippen LogP contribution in [0.4, 0.5) is 0 Å². The first kappa shape index (κ1) is 37.2. The summed E-state index contributed by atoms with van der Waals surface area (Å²) in [6, 6.07) is 0. The Bertz CT molecular complexity index is 1440. The fraction of sp³-hybridized carbons (Fsp3) is 0.833. The molecule has 6 rings (SSSR count). The van der Waals surface area contributed by atoms with E-state index in [1.165, 1.54) is 11.1 Å². The van der Waals surface area contributed by atoms with Gasteiger partial charge in [0.25, 0.3) is 0 Å². The van der Waals surface area contributed by atoms with E-state index < -0.39 is 15.7 Å². The van der Waals surface area contributed by atoms with Crippen LogP contribution in [0, 0.1) is 45.3 Å². The molecule has 7 heteroatoms. The largest absolute Gasteiger partial charge is 0.462 e. The van der Waals surface area contributed by atoms with Crippen molar-refractivity contribution in [3.63, 3.8) is 0 Å². The molecule has 4 fully saturated rings. The Hall–Kier alpha value is -1.60. The smallest absolute Gasteiger partial charge is 0.302 e. The Morgan fingerprint density at radius 1 is 0.939 bits per heavy atom. The molecular weight excluding hydrogens is 631 g/mol. The maximum Gasteiger partial charge on any atom is 0.302 e. The lowest BCUT2D eigenvalue weighted by Gasteiger charge is -2.67. The third kappa shape index (κ3) is 5.73. The van der Waals surface area contributed by atoms with Crippen molar-refractivity contribution in [1.29, 1.82) is 0 Å². The number of carbonyl (C=O) groups excluding carboxylic acids is 3. The van der Waals surface area contributed by atoms with E-state index in [1.807, 2.05) is 0 Å². The number of hydrogen-bond donors (Lipinski definition) is 0. The zero-order valence-electron chi connectivity index (χ0n) is 32.9. The van der Waals surface area contributed by atoms with E-state index in [2.05, 4.69) is 85.8 Å². The van der Waals surface area contributed by atoms with E-state index in [0.717, 1.165) is 56.9 Å². The van der Waals surface area contributed by atoms with Crippen molar-refractivity contribution < 1.29 is 23.3 Å². The first-order valence-electron chi connectivity index (χ1n) is 19.5. The predicted molar refractivity (Wildman–Crippen MR) is 200 cm³/mol. The summed E-state index contributed by atoms with van der Waals surface area (Å²) in [4.78, 5) is 43.1. The number of ketones is 1. The third-order valence-electron chi connectivity index (χ3n) is 15.2. The number of carbonyl (C=O) groups is 3. The zero-order valence-corrected chi connectivity index (χ0v) is 33.7. The first-order valence-corrected chi connectivity index (χ1v) is 21.8. The van der Waals surface area contributed by atoms with Gasteiger partial charge in [0.1, 0.15) is 6.10 Å². The molecule has 1 aliphatic heterocycles. The van der Waals surface area contributed by atoms with Gasteiger partial charge in [0.05, 0.1) is 11.5 Å². The van der Waals surface area contributed by atoms with E-state index in [0.29, 0.717) is 37.8 Å². The Balaban J connectivity index is 1.29. The zero-order chi connectivity index (χ0) is 36.1. The molecule has 0 radical (unpaired) electrons. The average Bonchev–Trinajstić information content (AvgIpc) is 3.31. The minimum Gasteiger partial charge on any atom is -0.462 e. The van der Waals surface area contributed by atoms with Crippen LogP contribution in [0.3, 0.4) is 0 Å². The summed E-state index contributed by atoms with van der Waals surface area (Å²) in [6.45, 7) is 23.8. The number of ether oxygens (including phenoxy) is 1. The van der Waals surface area contributed by atoms with Crippen molar-refractivity contribution in [2.24, 2.45) is 45.3 Å². The molecule has 0 N–H and O–H groups in total. The lowest BCUT2D eigenvalue weighted by Crippen LogP contribution is -2.61. The summed E-state index contributed by atoms with van der Waals surface area (Å²) in [7, 11) is -1.23. The van der Waals surface area contributed by atoms with Gasteiger partial charge in [-0.15, -0.1) is 10.3 Å². The van der Waals surface area contributed by atoms with Crippen molar-refractivity contribution in [2.45, 2.75) is 150 Å². The van der Waals surface area contributed by atoms with Crippen LogP contribution in [0.25, 0.3) is 0 Å². The minimum absolute atomic E-state index is 0.0320. The average molecular weight is 698 g/mol. The third-order valence-corrected chi connectivity index (χ3v) is 18.9. The second kappa shape index (κ2) is 12.2. The molecule has 5 aliphatic carbocycles. The Morgan fingerprint density at radius 3 is 2.18 bits per heavy atom. The topological polar surface area (TPSA) is 72.9 Å². The highest BCUT2D eigenvalue weighted by molar-refractivity contribution is 8.29. The van der Waals surface area contributed by atoms with Crippen LogP contribution in [0.2, 0.25) is 0 Å². The lowest BCUT2D eigenvalue weighted by molar-refractivity contribution is -0.192. The summed E-state index contributed by atoms with van der Waals surface area (Å²) in [5.74, 6) is 1.52. The molecular formula is C42H67NO5S. The molecule has 49 heavy (non-hydrogen) atoms. The number of rotatable bonds is 5. The van der Waals surface area contributed by atoms with Crippen LogP contribution in [-0.4, -0.2) is 65.1 Å². The van der Waals surface area contributed by atoms with E-state index in [9.17, 15) is 14.4 Å². The molecule has 6 nitrogen and oxygen atoms in total. The number of allylic oxidation sites excluding steroid dienone is 3. The van der Waals surface area contributed by atoms with E-state index in [-0.39, 0.29) is 62.7 Å². The quantitative estimate of drug-likeness (QED) is 0.212. The Morgan fingerprint density at radius 2 is 1.59 bits per heavy atom. The molecule has 0 spiro atoms. The molecule has 1 amide bonds. The SMILES string of the molecule is CC(=O)O[C@H]1CC[C@@]2(C)C(CC[C@@]3(C)C4=CC[C@@]5(C(=O)N6CCC(OS(C)(C)C(C)(C)C)CC6)CC(=O)C(C(C)C)=C5C4CCC23)C1(C)C. The fourth-order valence-corrected chi connectivity index (χ4v) is 13.4. The molecule has 7 atom stereocenters. The molecule has 0 aromatic heterocycles. The second-order valence-corrected chi connectivity index (χ2v) is 23.5. The maximum atomic E-state index is 14.9. The monoisotopic (exact) mass is 697 g/mol. The number of amides is 1. The number of nitrogens with zero attached hydrogens (tertiary/aromatic N) is 1. The highest BCUT2D eigenvalue weighted by atomic mass is 32.3. The molecule has 1 saturated heterocycles. The number of likely N-dealkylation sites (tertiary alicyclic amines) is 1. The molecule has 0 aromatic rings. The van der Waals surface area contributed by atoms with Gasteiger partial charge in [-0.05, 0) is 110 Å². The number of Topliss-reactive ketones (excluding diaryl/α,β-unsaturated/α-hetero) is 1. The number of hydrogen-bond acceptors (Lipinski definition) is 5. The molecule has 1 heterocycles. The lowest BCUT2D eigenvalue weighted by atomic mass is 9.38. The predicted octanol–water partition coefficient (Wildman–Crippen LogP) is 9.21. The van der Waals surface area contributed by atoms with Gasteiger partial charge in [-0.3, -0.25) is 14.4 Å². The maximum absolute atomic E-state index is 14.9. The van der Waals surface area contributed by atoms with Gasteiger partial charge >= 0.3 is 5.97 Å². The fourth-order valence-electron chi connectivity index (χ4n) is 12.2. The van der Waals surface area contributed by atoms with Gasteiger partial charge in [0.2, 0.25) is 5.91 Å². The van der Waals surface area contributed by atoms with Crippen LogP contribution in [0.1, 0.15) is 133 Å². The van der Waals surface area contributed by atoms with Gasteiger partial charge in [0.15, 0.2) is 5.78 Å².